The fraction of sp³-hybridized carbons (Fsp3) is 0.0185. The number of ether oxygens (including phenoxy) is 1. The molecule has 0 fully saturated rings. The van der Waals surface area contributed by atoms with Crippen molar-refractivity contribution in [3.8, 4) is 84.9 Å². The Morgan fingerprint density at radius 3 is 1.76 bits per heavy atom. The molecule has 1 spiro atoms. The highest BCUT2D eigenvalue weighted by Crippen LogP contribution is 2.64. The Morgan fingerprint density at radius 1 is 0.414 bits per heavy atom. The van der Waals surface area contributed by atoms with E-state index in [9.17, 15) is 5.26 Å². The summed E-state index contributed by atoms with van der Waals surface area (Å²) in [6, 6.07) is 71.7. The highest BCUT2D eigenvalue weighted by molar-refractivity contribution is 5.96. The Kier molecular flexibility index (Phi) is 7.74. The third-order valence-corrected chi connectivity index (χ3v) is 11.6. The van der Waals surface area contributed by atoms with Crippen molar-refractivity contribution in [2.45, 2.75) is 5.41 Å². The van der Waals surface area contributed by atoms with Crippen LogP contribution in [0.25, 0.3) is 67.3 Å². The van der Waals surface area contributed by atoms with Crippen LogP contribution in [0.4, 0.5) is 0 Å². The second-order valence-electron chi connectivity index (χ2n) is 14.8. The quantitative estimate of drug-likeness (QED) is 0.176. The van der Waals surface area contributed by atoms with Gasteiger partial charge in [0, 0.05) is 33.4 Å². The van der Waals surface area contributed by atoms with Gasteiger partial charge in [-0.25, -0.2) is 9.97 Å². The van der Waals surface area contributed by atoms with Gasteiger partial charge in [0.05, 0.1) is 28.4 Å². The van der Waals surface area contributed by atoms with E-state index in [1.807, 2.05) is 42.5 Å². The zero-order chi connectivity index (χ0) is 38.6. The number of benzene rings is 8. The lowest BCUT2D eigenvalue weighted by Crippen LogP contribution is -2.32. The van der Waals surface area contributed by atoms with E-state index in [2.05, 4.69) is 164 Å². The molecule has 1 atom stereocenters. The molecule has 0 saturated carbocycles. The van der Waals surface area contributed by atoms with E-state index in [1.165, 1.54) is 5.56 Å². The molecule has 1 aliphatic carbocycles. The van der Waals surface area contributed by atoms with Crippen molar-refractivity contribution in [2.24, 2.45) is 0 Å². The highest BCUT2D eigenvalue weighted by atomic mass is 16.5. The Bertz CT molecular complexity index is 3090. The first-order valence-electron chi connectivity index (χ1n) is 19.5. The molecule has 1 unspecified atom stereocenters. The van der Waals surface area contributed by atoms with Crippen LogP contribution in [0, 0.1) is 11.3 Å². The summed E-state index contributed by atoms with van der Waals surface area (Å²) >= 11 is 0. The number of hydrogen-bond donors (Lipinski definition) is 0. The van der Waals surface area contributed by atoms with E-state index in [4.69, 9.17) is 14.7 Å². The molecule has 1 aliphatic heterocycles. The summed E-state index contributed by atoms with van der Waals surface area (Å²) in [5.41, 5.74) is 15.6. The second-order valence-corrected chi connectivity index (χ2v) is 14.8. The summed E-state index contributed by atoms with van der Waals surface area (Å²) < 4.78 is 6.93. The Morgan fingerprint density at radius 2 is 0.983 bits per heavy atom. The Hall–Kier alpha value is -7.87. The molecule has 9 aromatic rings. The molecule has 8 aromatic carbocycles. The van der Waals surface area contributed by atoms with Gasteiger partial charge in [-0.05, 0) is 69.3 Å². The standard InChI is InChI=1S/C54H33N3O/c55-34-35-28-30-37(31-29-35)41-21-12-26-47-52(41)58-50-27-10-9-24-45(50)54(47)44-23-8-7-20-42(44)51-43(22-13-25-46(51)54)53-56-48(38-16-5-2-6-17-38)33-49(57-53)40-19-11-18-39(32-40)36-14-3-1-4-15-36/h1-33H. The van der Waals surface area contributed by atoms with Crippen LogP contribution in [0.15, 0.2) is 200 Å². The largest absolute Gasteiger partial charge is 0.456 e. The first-order valence-corrected chi connectivity index (χ1v) is 19.5. The predicted molar refractivity (Wildman–Crippen MR) is 231 cm³/mol. The van der Waals surface area contributed by atoms with Crippen LogP contribution in [-0.2, 0) is 5.41 Å². The Labute approximate surface area is 337 Å². The van der Waals surface area contributed by atoms with Crippen LogP contribution >= 0.6 is 0 Å². The lowest BCUT2D eigenvalue weighted by atomic mass is 9.65. The summed E-state index contributed by atoms with van der Waals surface area (Å²) in [4.78, 5) is 10.8. The van der Waals surface area contributed by atoms with Crippen molar-refractivity contribution in [1.82, 2.24) is 9.97 Å². The van der Waals surface area contributed by atoms with Crippen molar-refractivity contribution < 1.29 is 4.74 Å². The average molecular weight is 740 g/mol. The molecule has 2 aliphatic rings. The van der Waals surface area contributed by atoms with Gasteiger partial charge in [-0.3, -0.25) is 0 Å². The minimum Gasteiger partial charge on any atom is -0.456 e. The number of aromatic nitrogens is 2. The summed E-state index contributed by atoms with van der Waals surface area (Å²) in [5, 5.41) is 9.55. The molecular weight excluding hydrogens is 707 g/mol. The van der Waals surface area contributed by atoms with Gasteiger partial charge in [-0.1, -0.05) is 170 Å². The maximum atomic E-state index is 9.55. The summed E-state index contributed by atoms with van der Waals surface area (Å²) in [5.74, 6) is 2.28. The molecule has 58 heavy (non-hydrogen) atoms. The van der Waals surface area contributed by atoms with Gasteiger partial charge in [0.15, 0.2) is 5.82 Å². The fourth-order valence-electron chi connectivity index (χ4n) is 9.07. The van der Waals surface area contributed by atoms with Crippen molar-refractivity contribution in [2.75, 3.05) is 0 Å². The van der Waals surface area contributed by atoms with Crippen LogP contribution in [0.3, 0.4) is 0 Å². The molecule has 4 heteroatoms. The van der Waals surface area contributed by atoms with E-state index in [0.29, 0.717) is 11.4 Å². The number of nitrogens with zero attached hydrogens (tertiary/aromatic N) is 3. The lowest BCUT2D eigenvalue weighted by Gasteiger charge is -2.40. The van der Waals surface area contributed by atoms with Gasteiger partial charge in [0.25, 0.3) is 0 Å². The van der Waals surface area contributed by atoms with Gasteiger partial charge in [-0.2, -0.15) is 5.26 Å². The minimum absolute atomic E-state index is 0.619. The van der Waals surface area contributed by atoms with Crippen LogP contribution < -0.4 is 4.74 Å². The van der Waals surface area contributed by atoms with Gasteiger partial charge < -0.3 is 4.74 Å². The number of para-hydroxylation sites is 2. The average Bonchev–Trinajstić information content (AvgIpc) is 3.60. The van der Waals surface area contributed by atoms with E-state index in [0.717, 1.165) is 89.6 Å². The van der Waals surface area contributed by atoms with Crippen LogP contribution in [0.2, 0.25) is 0 Å². The third kappa shape index (κ3) is 5.15. The van der Waals surface area contributed by atoms with E-state index in [-0.39, 0.29) is 0 Å². The van der Waals surface area contributed by atoms with Gasteiger partial charge in [0.2, 0.25) is 0 Å². The van der Waals surface area contributed by atoms with Crippen molar-refractivity contribution >= 4 is 0 Å². The molecule has 0 saturated heterocycles. The van der Waals surface area contributed by atoms with Crippen molar-refractivity contribution in [1.29, 1.82) is 5.26 Å². The summed E-state index contributed by atoms with van der Waals surface area (Å²) in [7, 11) is 0. The summed E-state index contributed by atoms with van der Waals surface area (Å²) in [6.07, 6.45) is 0. The third-order valence-electron chi connectivity index (χ3n) is 11.6. The molecule has 2 heterocycles. The molecule has 0 radical (unpaired) electrons. The molecule has 0 bridgehead atoms. The molecule has 0 N–H and O–H groups in total. The molecule has 11 rings (SSSR count). The maximum absolute atomic E-state index is 9.55. The van der Waals surface area contributed by atoms with Gasteiger partial charge in [-0.15, -0.1) is 0 Å². The second kappa shape index (κ2) is 13.4. The summed E-state index contributed by atoms with van der Waals surface area (Å²) in [6.45, 7) is 0. The Balaban J connectivity index is 1.17. The van der Waals surface area contributed by atoms with E-state index >= 15 is 0 Å². The minimum atomic E-state index is -0.696. The zero-order valence-corrected chi connectivity index (χ0v) is 31.3. The molecule has 4 nitrogen and oxygen atoms in total. The molecule has 1 aromatic heterocycles. The van der Waals surface area contributed by atoms with Gasteiger partial charge >= 0.3 is 0 Å². The molecule has 270 valence electrons. The van der Waals surface area contributed by atoms with Crippen LogP contribution in [0.5, 0.6) is 11.5 Å². The zero-order valence-electron chi connectivity index (χ0n) is 31.3. The first kappa shape index (κ1) is 33.5. The van der Waals surface area contributed by atoms with Crippen molar-refractivity contribution in [3.63, 3.8) is 0 Å². The normalized spacial score (nSPS) is 14.4. The number of fused-ring (bicyclic) bond motifs is 9. The van der Waals surface area contributed by atoms with Crippen LogP contribution in [-0.4, -0.2) is 9.97 Å². The SMILES string of the molecule is N#Cc1ccc(-c2cccc3c2Oc2ccccc2C32c3ccccc3-c3c(-c4nc(-c5ccccc5)cc(-c5cccc(-c6ccccc6)c5)n4)cccc32)cc1. The monoisotopic (exact) mass is 739 g/mol. The maximum Gasteiger partial charge on any atom is 0.161 e. The number of rotatable bonds is 5. The number of hydrogen-bond acceptors (Lipinski definition) is 4. The topological polar surface area (TPSA) is 58.8 Å². The fourth-order valence-corrected chi connectivity index (χ4v) is 9.07. The van der Waals surface area contributed by atoms with E-state index < -0.39 is 5.41 Å². The smallest absolute Gasteiger partial charge is 0.161 e. The first-order chi connectivity index (χ1) is 28.7. The highest BCUT2D eigenvalue weighted by Gasteiger charge is 2.52. The predicted octanol–water partition coefficient (Wildman–Crippen LogP) is 13.2. The van der Waals surface area contributed by atoms with Crippen molar-refractivity contribution in [3.05, 3.63) is 228 Å². The lowest BCUT2D eigenvalue weighted by molar-refractivity contribution is 0.438. The van der Waals surface area contributed by atoms with E-state index in [1.54, 1.807) is 0 Å². The molecule has 0 amide bonds. The van der Waals surface area contributed by atoms with Crippen LogP contribution in [0.1, 0.15) is 27.8 Å². The molecular formula is C54H33N3O. The van der Waals surface area contributed by atoms with Gasteiger partial charge in [0.1, 0.15) is 11.5 Å². The number of nitriles is 1.